The second-order valence-corrected chi connectivity index (χ2v) is 6.15. The third-order valence-electron chi connectivity index (χ3n) is 2.93. The van der Waals surface area contributed by atoms with Crippen LogP contribution in [0.1, 0.15) is 27.2 Å². The highest BCUT2D eigenvalue weighted by Gasteiger charge is 2.16. The number of hydrogen-bond donors (Lipinski definition) is 2. The molecule has 0 spiro atoms. The Morgan fingerprint density at radius 2 is 1.96 bits per heavy atom. The SMILES string of the molecule is CC(C)(C)OC(=O)NCCC(=O)Nn1cnc2ccccc2c1=O. The largest absolute Gasteiger partial charge is 0.444 e. The number of amides is 2. The first kappa shape index (κ1) is 17.5. The highest BCUT2D eigenvalue weighted by Crippen LogP contribution is 2.06. The van der Waals surface area contributed by atoms with Gasteiger partial charge in [0.2, 0.25) is 5.91 Å². The summed E-state index contributed by atoms with van der Waals surface area (Å²) < 4.78 is 6.08. The van der Waals surface area contributed by atoms with E-state index in [1.54, 1.807) is 45.0 Å². The molecule has 2 rings (SSSR count). The van der Waals surface area contributed by atoms with Crippen LogP contribution in [0.25, 0.3) is 10.9 Å². The van der Waals surface area contributed by atoms with Gasteiger partial charge in [-0.15, -0.1) is 0 Å². The van der Waals surface area contributed by atoms with Gasteiger partial charge in [0.05, 0.1) is 10.9 Å². The van der Waals surface area contributed by atoms with Gasteiger partial charge in [0.25, 0.3) is 5.56 Å². The van der Waals surface area contributed by atoms with Gasteiger partial charge in [-0.2, -0.15) is 0 Å². The quantitative estimate of drug-likeness (QED) is 0.880. The van der Waals surface area contributed by atoms with E-state index in [-0.39, 0.29) is 18.5 Å². The van der Waals surface area contributed by atoms with E-state index in [9.17, 15) is 14.4 Å². The molecule has 2 aromatic rings. The molecule has 0 fully saturated rings. The Balaban J connectivity index is 1.90. The maximum absolute atomic E-state index is 12.2. The first-order valence-corrected chi connectivity index (χ1v) is 7.49. The predicted molar refractivity (Wildman–Crippen MR) is 89.2 cm³/mol. The number of fused-ring (bicyclic) bond motifs is 1. The first-order valence-electron chi connectivity index (χ1n) is 7.49. The topological polar surface area (TPSA) is 102 Å². The molecule has 0 unspecified atom stereocenters. The minimum Gasteiger partial charge on any atom is -0.444 e. The normalized spacial score (nSPS) is 11.1. The summed E-state index contributed by atoms with van der Waals surface area (Å²) in [7, 11) is 0. The van der Waals surface area contributed by atoms with Crippen molar-refractivity contribution in [1.29, 1.82) is 0 Å². The fraction of sp³-hybridized carbons (Fsp3) is 0.375. The van der Waals surface area contributed by atoms with Crippen LogP contribution in [0, 0.1) is 0 Å². The van der Waals surface area contributed by atoms with Crippen LogP contribution in [0.5, 0.6) is 0 Å². The molecule has 1 aromatic carbocycles. The van der Waals surface area contributed by atoms with Gasteiger partial charge >= 0.3 is 6.09 Å². The van der Waals surface area contributed by atoms with E-state index in [0.29, 0.717) is 10.9 Å². The Morgan fingerprint density at radius 1 is 1.25 bits per heavy atom. The lowest BCUT2D eigenvalue weighted by Crippen LogP contribution is -2.37. The summed E-state index contributed by atoms with van der Waals surface area (Å²) in [5.74, 6) is -0.426. The zero-order chi connectivity index (χ0) is 17.7. The number of nitrogens with zero attached hydrogens (tertiary/aromatic N) is 2. The Labute approximate surface area is 138 Å². The summed E-state index contributed by atoms with van der Waals surface area (Å²) in [4.78, 5) is 39.7. The molecule has 24 heavy (non-hydrogen) atoms. The standard InChI is InChI=1S/C16H20N4O4/c1-16(2,3)24-15(23)17-9-8-13(21)19-20-10-18-12-7-5-4-6-11(12)14(20)22/h4-7,10H,8-9H2,1-3H3,(H,17,23)(H,19,21). The van der Waals surface area contributed by atoms with Gasteiger partial charge in [-0.1, -0.05) is 12.1 Å². The Hall–Kier alpha value is -2.90. The van der Waals surface area contributed by atoms with E-state index in [1.165, 1.54) is 6.33 Å². The molecule has 0 aliphatic rings. The Kier molecular flexibility index (Phi) is 5.18. The molecule has 0 aliphatic carbocycles. The minimum atomic E-state index is -0.601. The third kappa shape index (κ3) is 4.80. The van der Waals surface area contributed by atoms with Gasteiger partial charge in [0.1, 0.15) is 11.9 Å². The van der Waals surface area contributed by atoms with Crippen molar-refractivity contribution in [3.63, 3.8) is 0 Å². The second-order valence-electron chi connectivity index (χ2n) is 6.15. The first-order chi connectivity index (χ1) is 11.3. The van der Waals surface area contributed by atoms with Crippen LogP contribution in [0.3, 0.4) is 0 Å². The number of hydrogen-bond acceptors (Lipinski definition) is 5. The van der Waals surface area contributed by atoms with E-state index in [0.717, 1.165) is 4.68 Å². The van der Waals surface area contributed by atoms with E-state index in [2.05, 4.69) is 15.7 Å². The van der Waals surface area contributed by atoms with Crippen molar-refractivity contribution in [3.05, 3.63) is 40.9 Å². The number of aromatic nitrogens is 2. The fourth-order valence-corrected chi connectivity index (χ4v) is 1.93. The molecule has 128 valence electrons. The van der Waals surface area contributed by atoms with E-state index >= 15 is 0 Å². The number of nitrogens with one attached hydrogen (secondary N) is 2. The van der Waals surface area contributed by atoms with Crippen molar-refractivity contribution in [2.75, 3.05) is 12.0 Å². The number of benzene rings is 1. The Bertz CT molecular complexity index is 808. The lowest BCUT2D eigenvalue weighted by molar-refractivity contribution is -0.117. The molecule has 2 N–H and O–H groups in total. The smallest absolute Gasteiger partial charge is 0.407 e. The zero-order valence-electron chi connectivity index (χ0n) is 13.8. The zero-order valence-corrected chi connectivity index (χ0v) is 13.8. The molecule has 8 nitrogen and oxygen atoms in total. The summed E-state index contributed by atoms with van der Waals surface area (Å²) in [6.07, 6.45) is 0.655. The van der Waals surface area contributed by atoms with Gasteiger partial charge in [-0.3, -0.25) is 15.0 Å². The summed E-state index contributed by atoms with van der Waals surface area (Å²) in [6.45, 7) is 5.34. The monoisotopic (exact) mass is 332 g/mol. The molecule has 2 amide bonds. The van der Waals surface area contributed by atoms with Crippen molar-refractivity contribution in [2.24, 2.45) is 0 Å². The maximum atomic E-state index is 12.2. The number of carbonyl (C=O) groups excluding carboxylic acids is 2. The van der Waals surface area contributed by atoms with Gasteiger partial charge in [0, 0.05) is 13.0 Å². The van der Waals surface area contributed by atoms with Crippen LogP contribution in [-0.4, -0.2) is 33.8 Å². The van der Waals surface area contributed by atoms with E-state index in [4.69, 9.17) is 4.74 Å². The molecule has 8 heteroatoms. The van der Waals surface area contributed by atoms with Crippen molar-refractivity contribution in [1.82, 2.24) is 15.0 Å². The molecule has 0 aliphatic heterocycles. The number of carbonyl (C=O) groups is 2. The van der Waals surface area contributed by atoms with Gasteiger partial charge < -0.3 is 10.1 Å². The van der Waals surface area contributed by atoms with Crippen LogP contribution in [0.2, 0.25) is 0 Å². The highest BCUT2D eigenvalue weighted by molar-refractivity contribution is 5.85. The Morgan fingerprint density at radius 3 is 2.67 bits per heavy atom. The summed E-state index contributed by atoms with van der Waals surface area (Å²) >= 11 is 0. The fourth-order valence-electron chi connectivity index (χ4n) is 1.93. The van der Waals surface area contributed by atoms with Crippen LogP contribution >= 0.6 is 0 Å². The van der Waals surface area contributed by atoms with Crippen molar-refractivity contribution in [2.45, 2.75) is 32.8 Å². The molecule has 1 aromatic heterocycles. The van der Waals surface area contributed by atoms with Gasteiger partial charge in [0.15, 0.2) is 0 Å². The van der Waals surface area contributed by atoms with Gasteiger partial charge in [-0.25, -0.2) is 14.5 Å². The van der Waals surface area contributed by atoms with Crippen LogP contribution < -0.4 is 16.3 Å². The molecule has 0 radical (unpaired) electrons. The highest BCUT2D eigenvalue weighted by atomic mass is 16.6. The molecule has 0 bridgehead atoms. The predicted octanol–water partition coefficient (Wildman–Crippen LogP) is 1.38. The number of ether oxygens (including phenoxy) is 1. The van der Waals surface area contributed by atoms with Crippen LogP contribution in [0.15, 0.2) is 35.4 Å². The number of para-hydroxylation sites is 1. The van der Waals surface area contributed by atoms with E-state index in [1.807, 2.05) is 0 Å². The summed E-state index contributed by atoms with van der Waals surface area (Å²) in [5, 5.41) is 2.88. The second kappa shape index (κ2) is 7.12. The lowest BCUT2D eigenvalue weighted by Gasteiger charge is -2.19. The van der Waals surface area contributed by atoms with E-state index < -0.39 is 17.6 Å². The average molecular weight is 332 g/mol. The molecule has 1 heterocycles. The molecule has 0 saturated carbocycles. The van der Waals surface area contributed by atoms with Gasteiger partial charge in [-0.05, 0) is 32.9 Å². The number of alkyl carbamates (subject to hydrolysis) is 1. The molecule has 0 saturated heterocycles. The lowest BCUT2D eigenvalue weighted by atomic mass is 10.2. The third-order valence-corrected chi connectivity index (χ3v) is 2.93. The molecular formula is C16H20N4O4. The average Bonchev–Trinajstić information content (AvgIpc) is 2.48. The summed E-state index contributed by atoms with van der Waals surface area (Å²) in [6, 6.07) is 6.85. The molecule has 0 atom stereocenters. The van der Waals surface area contributed by atoms with Crippen molar-refractivity contribution < 1.29 is 14.3 Å². The van der Waals surface area contributed by atoms with Crippen molar-refractivity contribution >= 4 is 22.9 Å². The number of rotatable bonds is 4. The minimum absolute atomic E-state index is 0.00148. The maximum Gasteiger partial charge on any atom is 0.407 e. The van der Waals surface area contributed by atoms with Crippen LogP contribution in [0.4, 0.5) is 4.79 Å². The van der Waals surface area contributed by atoms with Crippen LogP contribution in [-0.2, 0) is 9.53 Å². The van der Waals surface area contributed by atoms with Crippen molar-refractivity contribution in [3.8, 4) is 0 Å². The molecular weight excluding hydrogens is 312 g/mol. The summed E-state index contributed by atoms with van der Waals surface area (Å²) in [5.41, 5.74) is 2.02.